The fourth-order valence-corrected chi connectivity index (χ4v) is 3.09. The first-order valence-electron chi connectivity index (χ1n) is 10.2. The lowest BCUT2D eigenvalue weighted by Crippen LogP contribution is -2.36. The largest absolute Gasteiger partial charge is 0.457 e. The number of nitrogens with zero attached hydrogens (tertiary/aromatic N) is 4. The van der Waals surface area contributed by atoms with Crippen molar-refractivity contribution in [3.8, 4) is 23.6 Å². The summed E-state index contributed by atoms with van der Waals surface area (Å²) in [6, 6.07) is 25.4. The molecular formula is C26H24N4O2. The minimum Gasteiger partial charge on any atom is -0.457 e. The SMILES string of the molecule is CN(C)CCN(Cc1ccc(C#N)cc1)C(=O)c1cccc(Oc2ccc(C#N)cc2)c1. The Labute approximate surface area is 188 Å². The summed E-state index contributed by atoms with van der Waals surface area (Å²) >= 11 is 0. The van der Waals surface area contributed by atoms with Gasteiger partial charge in [-0.05, 0) is 74.3 Å². The van der Waals surface area contributed by atoms with Crippen LogP contribution in [0.2, 0.25) is 0 Å². The van der Waals surface area contributed by atoms with E-state index in [0.717, 1.165) is 12.1 Å². The van der Waals surface area contributed by atoms with E-state index in [-0.39, 0.29) is 5.91 Å². The molecule has 6 nitrogen and oxygen atoms in total. The van der Waals surface area contributed by atoms with Crippen molar-refractivity contribution in [3.05, 3.63) is 95.1 Å². The third-order valence-electron chi connectivity index (χ3n) is 4.86. The molecule has 6 heteroatoms. The molecule has 160 valence electrons. The van der Waals surface area contributed by atoms with Crippen molar-refractivity contribution in [2.24, 2.45) is 0 Å². The summed E-state index contributed by atoms with van der Waals surface area (Å²) in [5, 5.41) is 17.9. The van der Waals surface area contributed by atoms with Crippen LogP contribution in [0.15, 0.2) is 72.8 Å². The van der Waals surface area contributed by atoms with E-state index in [1.54, 1.807) is 65.6 Å². The molecule has 0 bridgehead atoms. The van der Waals surface area contributed by atoms with Crippen LogP contribution in [0.3, 0.4) is 0 Å². The Kier molecular flexibility index (Phi) is 7.59. The molecule has 0 atom stereocenters. The number of rotatable bonds is 8. The molecule has 32 heavy (non-hydrogen) atoms. The zero-order valence-corrected chi connectivity index (χ0v) is 18.2. The van der Waals surface area contributed by atoms with E-state index < -0.39 is 0 Å². The van der Waals surface area contributed by atoms with Crippen LogP contribution in [0.1, 0.15) is 27.0 Å². The highest BCUT2D eigenvalue weighted by Crippen LogP contribution is 2.23. The highest BCUT2D eigenvalue weighted by atomic mass is 16.5. The first-order valence-corrected chi connectivity index (χ1v) is 10.2. The van der Waals surface area contributed by atoms with Crippen LogP contribution in [0.4, 0.5) is 0 Å². The number of carbonyl (C=O) groups excluding carboxylic acids is 1. The third-order valence-corrected chi connectivity index (χ3v) is 4.86. The molecule has 0 unspecified atom stereocenters. The summed E-state index contributed by atoms with van der Waals surface area (Å²) in [7, 11) is 3.94. The van der Waals surface area contributed by atoms with Crippen LogP contribution < -0.4 is 4.74 Å². The second-order valence-corrected chi connectivity index (χ2v) is 7.60. The zero-order valence-electron chi connectivity index (χ0n) is 18.2. The maximum absolute atomic E-state index is 13.3. The van der Waals surface area contributed by atoms with E-state index in [9.17, 15) is 4.79 Å². The molecule has 1 amide bonds. The number of hydrogen-bond acceptors (Lipinski definition) is 5. The monoisotopic (exact) mass is 424 g/mol. The predicted molar refractivity (Wildman–Crippen MR) is 122 cm³/mol. The van der Waals surface area contributed by atoms with E-state index in [4.69, 9.17) is 15.3 Å². The third kappa shape index (κ3) is 6.18. The van der Waals surface area contributed by atoms with Gasteiger partial charge in [0, 0.05) is 25.2 Å². The molecular weight excluding hydrogens is 400 g/mol. The number of carbonyl (C=O) groups is 1. The Morgan fingerprint density at radius 3 is 2.06 bits per heavy atom. The van der Waals surface area contributed by atoms with Gasteiger partial charge >= 0.3 is 0 Å². The van der Waals surface area contributed by atoms with Crippen molar-refractivity contribution < 1.29 is 9.53 Å². The maximum atomic E-state index is 13.3. The van der Waals surface area contributed by atoms with E-state index in [1.165, 1.54) is 0 Å². The van der Waals surface area contributed by atoms with Gasteiger partial charge in [0.2, 0.25) is 0 Å². The lowest BCUT2D eigenvalue weighted by molar-refractivity contribution is 0.0731. The van der Waals surface area contributed by atoms with Crippen molar-refractivity contribution in [2.75, 3.05) is 27.2 Å². The van der Waals surface area contributed by atoms with Gasteiger partial charge < -0.3 is 14.5 Å². The quantitative estimate of drug-likeness (QED) is 0.535. The number of benzene rings is 3. The van der Waals surface area contributed by atoms with Crippen molar-refractivity contribution in [1.29, 1.82) is 10.5 Å². The molecule has 0 heterocycles. The van der Waals surface area contributed by atoms with Crippen LogP contribution in [0.25, 0.3) is 0 Å². The van der Waals surface area contributed by atoms with E-state index in [0.29, 0.717) is 41.3 Å². The smallest absolute Gasteiger partial charge is 0.254 e. The van der Waals surface area contributed by atoms with Crippen LogP contribution in [0, 0.1) is 22.7 Å². The van der Waals surface area contributed by atoms with Crippen LogP contribution in [-0.4, -0.2) is 42.9 Å². The summed E-state index contributed by atoms with van der Waals surface area (Å²) in [6.45, 7) is 1.73. The van der Waals surface area contributed by atoms with Crippen molar-refractivity contribution in [3.63, 3.8) is 0 Å². The minimum atomic E-state index is -0.0958. The van der Waals surface area contributed by atoms with E-state index >= 15 is 0 Å². The van der Waals surface area contributed by atoms with Crippen LogP contribution >= 0.6 is 0 Å². The van der Waals surface area contributed by atoms with E-state index in [1.807, 2.05) is 31.1 Å². The standard InChI is InChI=1S/C26H24N4O2/c1-29(2)14-15-30(19-22-8-6-20(17-27)7-9-22)26(31)23-4-3-5-25(16-23)32-24-12-10-21(18-28)11-13-24/h3-13,16H,14-15,19H2,1-2H3. The van der Waals surface area contributed by atoms with Gasteiger partial charge in [0.05, 0.1) is 23.3 Å². The Balaban J connectivity index is 1.78. The molecule has 0 aliphatic rings. The lowest BCUT2D eigenvalue weighted by atomic mass is 10.1. The van der Waals surface area contributed by atoms with E-state index in [2.05, 4.69) is 12.1 Å². The molecule has 0 aliphatic heterocycles. The maximum Gasteiger partial charge on any atom is 0.254 e. The summed E-state index contributed by atoms with van der Waals surface area (Å²) in [5.74, 6) is 1.05. The molecule has 3 aromatic carbocycles. The topological polar surface area (TPSA) is 80.4 Å². The molecule has 3 aromatic rings. The normalized spacial score (nSPS) is 10.3. The number of hydrogen-bond donors (Lipinski definition) is 0. The second-order valence-electron chi connectivity index (χ2n) is 7.60. The molecule has 0 saturated carbocycles. The van der Waals surface area contributed by atoms with Crippen LogP contribution in [-0.2, 0) is 6.54 Å². The minimum absolute atomic E-state index is 0.0958. The fraction of sp³-hybridized carbons (Fsp3) is 0.192. The Bertz CT molecular complexity index is 1140. The van der Waals surface area contributed by atoms with Gasteiger partial charge in [-0.2, -0.15) is 10.5 Å². The van der Waals surface area contributed by atoms with Gasteiger partial charge in [0.25, 0.3) is 5.91 Å². The number of ether oxygens (including phenoxy) is 1. The Hall–Kier alpha value is -4.13. The molecule has 0 fully saturated rings. The van der Waals surface area contributed by atoms with Gasteiger partial charge in [-0.1, -0.05) is 18.2 Å². The average Bonchev–Trinajstić information content (AvgIpc) is 2.82. The first-order chi connectivity index (χ1) is 15.5. The molecule has 0 aliphatic carbocycles. The van der Waals surface area contributed by atoms with Gasteiger partial charge in [0.15, 0.2) is 0 Å². The number of amides is 1. The lowest BCUT2D eigenvalue weighted by Gasteiger charge is -2.25. The summed E-state index contributed by atoms with van der Waals surface area (Å²) < 4.78 is 5.87. The molecule has 0 saturated heterocycles. The first kappa shape index (κ1) is 22.6. The highest BCUT2D eigenvalue weighted by molar-refractivity contribution is 5.94. The van der Waals surface area contributed by atoms with Gasteiger partial charge in [0.1, 0.15) is 11.5 Å². The van der Waals surface area contributed by atoms with Crippen molar-refractivity contribution >= 4 is 5.91 Å². The predicted octanol–water partition coefficient (Wildman–Crippen LogP) is 4.43. The van der Waals surface area contributed by atoms with Crippen LogP contribution in [0.5, 0.6) is 11.5 Å². The van der Waals surface area contributed by atoms with Gasteiger partial charge in [-0.15, -0.1) is 0 Å². The number of likely N-dealkylation sites (N-methyl/N-ethyl adjacent to an activating group) is 1. The molecule has 0 spiro atoms. The van der Waals surface area contributed by atoms with Crippen molar-refractivity contribution in [1.82, 2.24) is 9.80 Å². The van der Waals surface area contributed by atoms with Gasteiger partial charge in [-0.25, -0.2) is 0 Å². The molecule has 0 radical (unpaired) electrons. The molecule has 0 aromatic heterocycles. The second kappa shape index (κ2) is 10.8. The Morgan fingerprint density at radius 2 is 1.47 bits per heavy atom. The fourth-order valence-electron chi connectivity index (χ4n) is 3.09. The number of nitriles is 2. The highest BCUT2D eigenvalue weighted by Gasteiger charge is 2.17. The van der Waals surface area contributed by atoms with Crippen molar-refractivity contribution in [2.45, 2.75) is 6.54 Å². The Morgan fingerprint density at radius 1 is 0.844 bits per heavy atom. The summed E-state index contributed by atoms with van der Waals surface area (Å²) in [4.78, 5) is 17.2. The zero-order chi connectivity index (χ0) is 22.9. The molecule has 3 rings (SSSR count). The summed E-state index contributed by atoms with van der Waals surface area (Å²) in [5.41, 5.74) is 2.64. The molecule has 0 N–H and O–H groups in total. The summed E-state index contributed by atoms with van der Waals surface area (Å²) in [6.07, 6.45) is 0. The van der Waals surface area contributed by atoms with Gasteiger partial charge in [-0.3, -0.25) is 4.79 Å². The average molecular weight is 425 g/mol.